The molecule has 1 saturated carbocycles. The molecule has 0 N–H and O–H groups in total. The van der Waals surface area contributed by atoms with Crippen molar-refractivity contribution in [1.29, 1.82) is 0 Å². The Bertz CT molecular complexity index is 559. The first-order chi connectivity index (χ1) is 10.6. The molecule has 0 saturated heterocycles. The predicted octanol–water partition coefficient (Wildman–Crippen LogP) is 6.38. The molecular weight excluding hydrogens is 266 g/mol. The molecule has 1 aromatic carbocycles. The lowest BCUT2D eigenvalue weighted by Gasteiger charge is -2.21. The molecule has 0 bridgehead atoms. The minimum absolute atomic E-state index is 0.512. The topological polar surface area (TPSA) is 12.4 Å². The van der Waals surface area contributed by atoms with Gasteiger partial charge in [0, 0.05) is 12.4 Å². The average Bonchev–Trinajstić information content (AvgIpc) is 3.07. The fourth-order valence-corrected chi connectivity index (χ4v) is 3.55. The van der Waals surface area contributed by atoms with E-state index in [0.717, 1.165) is 12.3 Å². The van der Waals surface area contributed by atoms with Crippen molar-refractivity contribution in [3.05, 3.63) is 53.7 Å². The molecule has 1 aromatic rings. The van der Waals surface area contributed by atoms with Gasteiger partial charge >= 0.3 is 0 Å². The fourth-order valence-electron chi connectivity index (χ4n) is 3.55. The molecule has 1 heteroatoms. The minimum atomic E-state index is 0.512. The normalized spacial score (nSPS) is 18.0. The molecule has 1 aliphatic rings. The number of aliphatic imine (C=N–C) groups is 1. The van der Waals surface area contributed by atoms with E-state index in [9.17, 15) is 0 Å². The van der Waals surface area contributed by atoms with Crippen LogP contribution < -0.4 is 0 Å². The molecule has 1 nitrogen and oxygen atoms in total. The van der Waals surface area contributed by atoms with Crippen molar-refractivity contribution in [2.75, 3.05) is 0 Å². The van der Waals surface area contributed by atoms with Crippen LogP contribution in [-0.4, -0.2) is 6.21 Å². The zero-order valence-electron chi connectivity index (χ0n) is 14.3. The van der Waals surface area contributed by atoms with Gasteiger partial charge in [-0.2, -0.15) is 0 Å². The lowest BCUT2D eigenvalue weighted by molar-refractivity contribution is 0.586. The van der Waals surface area contributed by atoms with Gasteiger partial charge in [-0.15, -0.1) is 0 Å². The van der Waals surface area contributed by atoms with E-state index >= 15 is 0 Å². The minimum Gasteiger partial charge on any atom is -0.269 e. The summed E-state index contributed by atoms with van der Waals surface area (Å²) in [5, 5.41) is 0. The van der Waals surface area contributed by atoms with Crippen molar-refractivity contribution >= 4 is 11.8 Å². The Morgan fingerprint density at radius 1 is 1.32 bits per heavy atom. The Morgan fingerprint density at radius 3 is 2.68 bits per heavy atom. The second-order valence-electron chi connectivity index (χ2n) is 6.55. The first kappa shape index (κ1) is 16.7. The van der Waals surface area contributed by atoms with Crippen molar-refractivity contribution < 1.29 is 0 Å². The van der Waals surface area contributed by atoms with Crippen LogP contribution in [0.5, 0.6) is 0 Å². The Balaban J connectivity index is 2.15. The van der Waals surface area contributed by atoms with Gasteiger partial charge in [-0.1, -0.05) is 56.2 Å². The molecule has 0 heterocycles. The first-order valence-electron chi connectivity index (χ1n) is 8.55. The van der Waals surface area contributed by atoms with Crippen LogP contribution >= 0.6 is 0 Å². The second kappa shape index (κ2) is 8.12. The van der Waals surface area contributed by atoms with Crippen LogP contribution in [-0.2, 0) is 0 Å². The molecule has 0 spiro atoms. The lowest BCUT2D eigenvalue weighted by Crippen LogP contribution is -2.04. The summed E-state index contributed by atoms with van der Waals surface area (Å²) < 4.78 is 0. The quantitative estimate of drug-likeness (QED) is 0.426. The highest BCUT2D eigenvalue weighted by Crippen LogP contribution is 2.36. The predicted molar refractivity (Wildman–Crippen MR) is 98.4 cm³/mol. The van der Waals surface area contributed by atoms with Crippen LogP contribution in [0.25, 0.3) is 5.57 Å². The van der Waals surface area contributed by atoms with E-state index in [1.165, 1.54) is 48.0 Å². The number of allylic oxidation sites excluding steroid dienone is 2. The van der Waals surface area contributed by atoms with E-state index in [1.54, 1.807) is 0 Å². The zero-order chi connectivity index (χ0) is 15.9. The maximum absolute atomic E-state index is 4.39. The van der Waals surface area contributed by atoms with E-state index in [4.69, 9.17) is 0 Å². The van der Waals surface area contributed by atoms with Gasteiger partial charge in [0.05, 0.1) is 0 Å². The Hall–Kier alpha value is -1.63. The summed E-state index contributed by atoms with van der Waals surface area (Å²) in [5.41, 5.74) is 5.42. The third-order valence-corrected chi connectivity index (χ3v) is 4.83. The number of hydrogen-bond donors (Lipinski definition) is 0. The summed E-state index contributed by atoms with van der Waals surface area (Å²) >= 11 is 0. The van der Waals surface area contributed by atoms with Gasteiger partial charge in [0.1, 0.15) is 0 Å². The summed E-state index contributed by atoms with van der Waals surface area (Å²) in [6.07, 6.45) is 10.3. The highest BCUT2D eigenvalue weighted by atomic mass is 14.7. The third-order valence-electron chi connectivity index (χ3n) is 4.83. The SMILES string of the molecule is C=C(CC(C)c1ccccc1/C(C)=C/N=C\C)C1CCCC1. The summed E-state index contributed by atoms with van der Waals surface area (Å²) in [4.78, 5) is 4.27. The number of hydrogen-bond acceptors (Lipinski definition) is 1. The molecule has 0 aliphatic heterocycles. The summed E-state index contributed by atoms with van der Waals surface area (Å²) in [6.45, 7) is 10.8. The third kappa shape index (κ3) is 4.19. The molecule has 1 atom stereocenters. The van der Waals surface area contributed by atoms with E-state index in [0.29, 0.717) is 5.92 Å². The smallest absolute Gasteiger partial charge is 0.0299 e. The van der Waals surface area contributed by atoms with Gasteiger partial charge in [-0.3, -0.25) is 4.99 Å². The summed E-state index contributed by atoms with van der Waals surface area (Å²) in [5.74, 6) is 1.27. The molecule has 118 valence electrons. The Labute approximate surface area is 135 Å². The maximum atomic E-state index is 4.39. The van der Waals surface area contributed by atoms with Gasteiger partial charge in [0.2, 0.25) is 0 Å². The van der Waals surface area contributed by atoms with Crippen molar-refractivity contribution in [2.24, 2.45) is 10.9 Å². The largest absolute Gasteiger partial charge is 0.269 e. The van der Waals surface area contributed by atoms with E-state index < -0.39 is 0 Å². The standard InChI is InChI=1S/C21H29N/c1-5-22-15-18(4)21-13-9-8-12-20(21)17(3)14-16(2)19-10-6-7-11-19/h5,8-9,12-13,15,17,19H,2,6-7,10-11,14H2,1,3-4H3/b18-15+,22-5-. The molecule has 0 amide bonds. The van der Waals surface area contributed by atoms with Crippen molar-refractivity contribution in [1.82, 2.24) is 0 Å². The monoisotopic (exact) mass is 295 g/mol. The molecule has 1 unspecified atom stereocenters. The maximum Gasteiger partial charge on any atom is 0.0299 e. The molecule has 0 radical (unpaired) electrons. The molecule has 0 aromatic heterocycles. The van der Waals surface area contributed by atoms with Gasteiger partial charge in [-0.05, 0) is 61.6 Å². The van der Waals surface area contributed by atoms with Gasteiger partial charge < -0.3 is 0 Å². The molecule has 1 aliphatic carbocycles. The van der Waals surface area contributed by atoms with Crippen molar-refractivity contribution in [2.45, 2.75) is 58.8 Å². The number of rotatable bonds is 6. The number of nitrogens with zero attached hydrogens (tertiary/aromatic N) is 1. The summed E-state index contributed by atoms with van der Waals surface area (Å²) in [7, 11) is 0. The van der Waals surface area contributed by atoms with Crippen molar-refractivity contribution in [3.8, 4) is 0 Å². The van der Waals surface area contributed by atoms with Gasteiger partial charge in [0.15, 0.2) is 0 Å². The second-order valence-corrected chi connectivity index (χ2v) is 6.55. The van der Waals surface area contributed by atoms with Crippen LogP contribution in [0.15, 0.2) is 47.6 Å². The van der Waals surface area contributed by atoms with Crippen LogP contribution in [0.1, 0.15) is 69.9 Å². The Kier molecular flexibility index (Phi) is 6.18. The van der Waals surface area contributed by atoms with E-state index in [1.807, 2.05) is 19.3 Å². The lowest BCUT2D eigenvalue weighted by atomic mass is 9.84. The van der Waals surface area contributed by atoms with E-state index in [2.05, 4.69) is 49.7 Å². The van der Waals surface area contributed by atoms with Crippen LogP contribution in [0.4, 0.5) is 0 Å². The van der Waals surface area contributed by atoms with E-state index in [-0.39, 0.29) is 0 Å². The Morgan fingerprint density at radius 2 is 2.00 bits per heavy atom. The first-order valence-corrected chi connectivity index (χ1v) is 8.55. The van der Waals surface area contributed by atoms with Gasteiger partial charge in [0.25, 0.3) is 0 Å². The van der Waals surface area contributed by atoms with Crippen LogP contribution in [0.3, 0.4) is 0 Å². The highest BCUT2D eigenvalue weighted by Gasteiger charge is 2.20. The van der Waals surface area contributed by atoms with Crippen LogP contribution in [0, 0.1) is 5.92 Å². The molecule has 1 fully saturated rings. The van der Waals surface area contributed by atoms with Crippen molar-refractivity contribution in [3.63, 3.8) is 0 Å². The average molecular weight is 295 g/mol. The molecule has 2 rings (SSSR count). The summed E-state index contributed by atoms with van der Waals surface area (Å²) in [6, 6.07) is 8.73. The van der Waals surface area contributed by atoms with Gasteiger partial charge in [-0.25, -0.2) is 0 Å². The fraction of sp³-hybridized carbons (Fsp3) is 0.476. The molecule has 22 heavy (non-hydrogen) atoms. The highest BCUT2D eigenvalue weighted by molar-refractivity contribution is 5.68. The zero-order valence-corrected chi connectivity index (χ0v) is 14.3. The number of benzene rings is 1. The molecular formula is C21H29N. The van der Waals surface area contributed by atoms with Crippen LogP contribution in [0.2, 0.25) is 0 Å².